The van der Waals surface area contributed by atoms with Crippen molar-refractivity contribution in [3.8, 4) is 0 Å². The first-order chi connectivity index (χ1) is 9.11. The number of aliphatic hydroxyl groups excluding tert-OH is 2. The molecule has 0 saturated heterocycles. The Kier molecular flexibility index (Phi) is 11.6. The molecule has 0 spiro atoms. The Morgan fingerprint density at radius 3 is 1.85 bits per heavy atom. The Morgan fingerprint density at radius 1 is 1.10 bits per heavy atom. The highest BCUT2D eigenvalue weighted by molar-refractivity contribution is 5.87. The van der Waals surface area contributed by atoms with E-state index in [-0.39, 0.29) is 13.2 Å². The largest absolute Gasteiger partial charge is 0.460 e. The normalized spacial score (nSPS) is 12.3. The third-order valence-electron chi connectivity index (χ3n) is 1.72. The standard InChI is InChI=1S/2C7H12O3/c1-5(2)7(9)10-4-6(3)8;1-5(2)7(9)10-6(3)4-8/h2*6,8H,1,4H2,2-3H3. The Morgan fingerprint density at radius 2 is 1.55 bits per heavy atom. The molecule has 0 aliphatic heterocycles. The van der Waals surface area contributed by atoms with Gasteiger partial charge >= 0.3 is 11.9 Å². The third-order valence-corrected chi connectivity index (χ3v) is 1.72. The van der Waals surface area contributed by atoms with Gasteiger partial charge in [-0.2, -0.15) is 0 Å². The first-order valence-electron chi connectivity index (χ1n) is 6.09. The van der Waals surface area contributed by atoms with Crippen LogP contribution in [0, 0.1) is 0 Å². The summed E-state index contributed by atoms with van der Waals surface area (Å²) in [7, 11) is 0. The van der Waals surface area contributed by atoms with E-state index in [0.29, 0.717) is 11.1 Å². The number of aliphatic hydroxyl groups is 2. The van der Waals surface area contributed by atoms with E-state index in [9.17, 15) is 9.59 Å². The molecule has 0 aliphatic rings. The fourth-order valence-electron chi connectivity index (χ4n) is 0.640. The molecule has 0 heterocycles. The highest BCUT2D eigenvalue weighted by atomic mass is 16.6. The first-order valence-corrected chi connectivity index (χ1v) is 6.09. The number of carbonyl (C=O) groups is 2. The summed E-state index contributed by atoms with van der Waals surface area (Å²) < 4.78 is 9.25. The minimum Gasteiger partial charge on any atom is -0.460 e. The Labute approximate surface area is 119 Å². The summed E-state index contributed by atoms with van der Waals surface area (Å²) in [5.41, 5.74) is 0.695. The molecule has 0 amide bonds. The average Bonchev–Trinajstić information content (AvgIpc) is 2.35. The van der Waals surface area contributed by atoms with Gasteiger partial charge in [0.1, 0.15) is 12.7 Å². The molecule has 2 atom stereocenters. The third kappa shape index (κ3) is 12.8. The van der Waals surface area contributed by atoms with Crippen molar-refractivity contribution in [2.24, 2.45) is 0 Å². The molecule has 0 fully saturated rings. The van der Waals surface area contributed by atoms with E-state index in [1.165, 1.54) is 0 Å². The van der Waals surface area contributed by atoms with Crippen LogP contribution in [0.3, 0.4) is 0 Å². The van der Waals surface area contributed by atoms with Crippen LogP contribution in [0.4, 0.5) is 0 Å². The van der Waals surface area contributed by atoms with Crippen molar-refractivity contribution in [2.45, 2.75) is 39.9 Å². The van der Waals surface area contributed by atoms with Gasteiger partial charge in [0.15, 0.2) is 0 Å². The zero-order valence-electron chi connectivity index (χ0n) is 12.5. The second-order valence-corrected chi connectivity index (χ2v) is 4.41. The SMILES string of the molecule is C=C(C)C(=O)OC(C)CO.C=C(C)C(=O)OCC(C)O. The van der Waals surface area contributed by atoms with Gasteiger partial charge in [0.25, 0.3) is 0 Å². The summed E-state index contributed by atoms with van der Waals surface area (Å²) in [6.07, 6.45) is -1.05. The topological polar surface area (TPSA) is 93.1 Å². The fourth-order valence-corrected chi connectivity index (χ4v) is 0.640. The van der Waals surface area contributed by atoms with Crippen molar-refractivity contribution in [1.29, 1.82) is 0 Å². The van der Waals surface area contributed by atoms with Crippen LogP contribution in [0.2, 0.25) is 0 Å². The van der Waals surface area contributed by atoms with Gasteiger partial charge in [-0.3, -0.25) is 0 Å². The number of rotatable bonds is 6. The van der Waals surface area contributed by atoms with Gasteiger partial charge in [-0.15, -0.1) is 0 Å². The Bertz CT molecular complexity index is 346. The summed E-state index contributed by atoms with van der Waals surface area (Å²) >= 11 is 0. The molecule has 6 heteroatoms. The number of ether oxygens (including phenoxy) is 2. The molecule has 116 valence electrons. The zero-order valence-corrected chi connectivity index (χ0v) is 12.5. The summed E-state index contributed by atoms with van der Waals surface area (Å²) in [5.74, 6) is -0.914. The van der Waals surface area contributed by atoms with Crippen molar-refractivity contribution < 1.29 is 29.3 Å². The van der Waals surface area contributed by atoms with E-state index in [2.05, 4.69) is 22.6 Å². The Hall–Kier alpha value is -1.66. The van der Waals surface area contributed by atoms with Crippen LogP contribution in [0.25, 0.3) is 0 Å². The number of carbonyl (C=O) groups excluding carboxylic acids is 2. The van der Waals surface area contributed by atoms with Crippen LogP contribution in [0.15, 0.2) is 24.3 Å². The molecule has 0 bridgehead atoms. The van der Waals surface area contributed by atoms with Crippen LogP contribution in [-0.2, 0) is 19.1 Å². The second-order valence-electron chi connectivity index (χ2n) is 4.41. The maximum atomic E-state index is 10.7. The van der Waals surface area contributed by atoms with E-state index in [4.69, 9.17) is 10.2 Å². The van der Waals surface area contributed by atoms with E-state index in [1.54, 1.807) is 27.7 Å². The lowest BCUT2D eigenvalue weighted by Crippen LogP contribution is -2.18. The van der Waals surface area contributed by atoms with E-state index in [0.717, 1.165) is 0 Å². The molecule has 20 heavy (non-hydrogen) atoms. The summed E-state index contributed by atoms with van der Waals surface area (Å²) in [6.45, 7) is 12.9. The van der Waals surface area contributed by atoms with E-state index >= 15 is 0 Å². The molecule has 0 aromatic carbocycles. The lowest BCUT2D eigenvalue weighted by Gasteiger charge is -2.08. The van der Waals surface area contributed by atoms with Crippen LogP contribution in [-0.4, -0.2) is 47.6 Å². The van der Waals surface area contributed by atoms with Crippen LogP contribution < -0.4 is 0 Å². The minimum absolute atomic E-state index is 0.0334. The highest BCUT2D eigenvalue weighted by Gasteiger charge is 2.07. The van der Waals surface area contributed by atoms with Crippen LogP contribution in [0.5, 0.6) is 0 Å². The monoisotopic (exact) mass is 288 g/mol. The molecule has 0 aromatic heterocycles. The highest BCUT2D eigenvalue weighted by Crippen LogP contribution is 1.96. The lowest BCUT2D eigenvalue weighted by atomic mass is 10.3. The van der Waals surface area contributed by atoms with Crippen molar-refractivity contribution in [2.75, 3.05) is 13.2 Å². The van der Waals surface area contributed by atoms with Gasteiger partial charge < -0.3 is 19.7 Å². The van der Waals surface area contributed by atoms with Crippen LogP contribution >= 0.6 is 0 Å². The van der Waals surface area contributed by atoms with E-state index in [1.807, 2.05) is 0 Å². The zero-order chi connectivity index (χ0) is 16.3. The van der Waals surface area contributed by atoms with Gasteiger partial charge in [-0.25, -0.2) is 9.59 Å². The molecule has 2 N–H and O–H groups in total. The number of hydrogen-bond acceptors (Lipinski definition) is 6. The van der Waals surface area contributed by atoms with Crippen molar-refractivity contribution in [3.05, 3.63) is 24.3 Å². The molecule has 6 nitrogen and oxygen atoms in total. The van der Waals surface area contributed by atoms with Gasteiger partial charge in [0.05, 0.1) is 12.7 Å². The summed E-state index contributed by atoms with van der Waals surface area (Å²) in [4.78, 5) is 21.3. The number of esters is 2. The molecule has 0 saturated carbocycles. The molecule has 0 radical (unpaired) electrons. The Balaban J connectivity index is 0. The predicted molar refractivity (Wildman–Crippen MR) is 74.9 cm³/mol. The smallest absolute Gasteiger partial charge is 0.333 e. The molecule has 0 rings (SSSR count). The maximum absolute atomic E-state index is 10.7. The van der Waals surface area contributed by atoms with E-state index < -0.39 is 24.1 Å². The van der Waals surface area contributed by atoms with Crippen LogP contribution in [0.1, 0.15) is 27.7 Å². The van der Waals surface area contributed by atoms with Gasteiger partial charge in [0.2, 0.25) is 0 Å². The van der Waals surface area contributed by atoms with Gasteiger partial charge in [-0.1, -0.05) is 13.2 Å². The fraction of sp³-hybridized carbons (Fsp3) is 0.571. The maximum Gasteiger partial charge on any atom is 0.333 e. The average molecular weight is 288 g/mol. The summed E-state index contributed by atoms with van der Waals surface area (Å²) in [6, 6.07) is 0. The molecular weight excluding hydrogens is 264 g/mol. The summed E-state index contributed by atoms with van der Waals surface area (Å²) in [5, 5.41) is 17.1. The van der Waals surface area contributed by atoms with Crippen molar-refractivity contribution in [1.82, 2.24) is 0 Å². The van der Waals surface area contributed by atoms with Gasteiger partial charge in [0, 0.05) is 11.1 Å². The first kappa shape index (κ1) is 20.7. The molecule has 2 unspecified atom stereocenters. The molecule has 0 aromatic rings. The van der Waals surface area contributed by atoms with Crippen molar-refractivity contribution in [3.63, 3.8) is 0 Å². The number of hydrogen-bond donors (Lipinski definition) is 2. The van der Waals surface area contributed by atoms with Crippen molar-refractivity contribution >= 4 is 11.9 Å². The quantitative estimate of drug-likeness (QED) is 0.559. The predicted octanol–water partition coefficient (Wildman–Crippen LogP) is 0.973. The molecule has 0 aliphatic carbocycles. The van der Waals surface area contributed by atoms with Gasteiger partial charge in [-0.05, 0) is 27.7 Å². The molecular formula is C14H24O6. The second kappa shape index (κ2) is 11.2. The lowest BCUT2D eigenvalue weighted by molar-refractivity contribution is -0.145. The minimum atomic E-state index is -0.608.